The molecule has 0 atom stereocenters. The smallest absolute Gasteiger partial charge is 0.350 e. The highest BCUT2D eigenvalue weighted by molar-refractivity contribution is 7.17. The zero-order chi connectivity index (χ0) is 16.2. The van der Waals surface area contributed by atoms with E-state index in [0.717, 1.165) is 16.1 Å². The summed E-state index contributed by atoms with van der Waals surface area (Å²) >= 11 is 1.31. The molecular weight excluding hydrogens is 313 g/mol. The van der Waals surface area contributed by atoms with Crippen molar-refractivity contribution >= 4 is 17.3 Å². The quantitative estimate of drug-likeness (QED) is 0.657. The third kappa shape index (κ3) is 3.63. The summed E-state index contributed by atoms with van der Waals surface area (Å²) in [6.07, 6.45) is 0. The van der Waals surface area contributed by atoms with Gasteiger partial charge in [0.1, 0.15) is 22.3 Å². The van der Waals surface area contributed by atoms with Crippen molar-refractivity contribution in [1.82, 2.24) is 4.98 Å². The lowest BCUT2D eigenvalue weighted by Gasteiger charge is -2.03. The second-order valence-corrected chi connectivity index (χ2v) is 6.00. The van der Waals surface area contributed by atoms with Crippen molar-refractivity contribution < 1.29 is 13.9 Å². The van der Waals surface area contributed by atoms with E-state index in [-0.39, 0.29) is 12.4 Å². The summed E-state index contributed by atoms with van der Waals surface area (Å²) in [5.74, 6) is -0.725. The van der Waals surface area contributed by atoms with E-state index in [1.54, 1.807) is 19.1 Å². The number of nitrogens with zero attached hydrogens (tertiary/aromatic N) is 1. The Bertz CT molecular complexity index is 813. The Kier molecular flexibility index (Phi) is 4.48. The second kappa shape index (κ2) is 6.71. The van der Waals surface area contributed by atoms with Crippen LogP contribution in [0.15, 0.2) is 54.6 Å². The zero-order valence-corrected chi connectivity index (χ0v) is 13.3. The average molecular weight is 327 g/mol. The Balaban J connectivity index is 1.72. The van der Waals surface area contributed by atoms with Crippen LogP contribution in [0, 0.1) is 12.7 Å². The largest absolute Gasteiger partial charge is 0.457 e. The van der Waals surface area contributed by atoms with E-state index in [1.807, 2.05) is 30.3 Å². The van der Waals surface area contributed by atoms with Gasteiger partial charge in [0.05, 0.1) is 5.69 Å². The standard InChI is InChI=1S/C18H14FNO2S/c1-12-16(23-17(20-12)14-5-3-2-4-6-14)18(21)22-11-13-7-9-15(19)10-8-13/h2-10H,11H2,1H3. The number of esters is 1. The fourth-order valence-electron chi connectivity index (χ4n) is 2.09. The van der Waals surface area contributed by atoms with E-state index in [0.29, 0.717) is 10.6 Å². The van der Waals surface area contributed by atoms with Gasteiger partial charge in [0, 0.05) is 5.56 Å². The van der Waals surface area contributed by atoms with Crippen LogP contribution >= 0.6 is 11.3 Å². The molecular formula is C18H14FNO2S. The van der Waals surface area contributed by atoms with Gasteiger partial charge in [0.15, 0.2) is 0 Å². The van der Waals surface area contributed by atoms with E-state index >= 15 is 0 Å². The monoisotopic (exact) mass is 327 g/mol. The van der Waals surface area contributed by atoms with Gasteiger partial charge in [-0.15, -0.1) is 11.3 Å². The predicted molar refractivity (Wildman–Crippen MR) is 87.8 cm³/mol. The van der Waals surface area contributed by atoms with Crippen LogP contribution in [-0.4, -0.2) is 11.0 Å². The van der Waals surface area contributed by atoms with Gasteiger partial charge in [-0.3, -0.25) is 0 Å². The van der Waals surface area contributed by atoms with Crippen LogP contribution in [0.5, 0.6) is 0 Å². The van der Waals surface area contributed by atoms with Gasteiger partial charge >= 0.3 is 5.97 Å². The first-order chi connectivity index (χ1) is 11.1. The normalized spacial score (nSPS) is 10.5. The number of ether oxygens (including phenoxy) is 1. The molecule has 3 nitrogen and oxygen atoms in total. The summed E-state index contributed by atoms with van der Waals surface area (Å²) in [5, 5.41) is 0.789. The lowest BCUT2D eigenvalue weighted by molar-refractivity contribution is 0.0477. The Morgan fingerprint density at radius 3 is 2.52 bits per heavy atom. The highest BCUT2D eigenvalue weighted by atomic mass is 32.1. The molecule has 1 heterocycles. The van der Waals surface area contributed by atoms with Crippen molar-refractivity contribution in [2.24, 2.45) is 0 Å². The number of hydrogen-bond acceptors (Lipinski definition) is 4. The molecule has 0 aliphatic carbocycles. The molecule has 1 aromatic heterocycles. The van der Waals surface area contributed by atoms with Crippen molar-refractivity contribution in [2.75, 3.05) is 0 Å². The number of halogens is 1. The van der Waals surface area contributed by atoms with E-state index in [1.165, 1.54) is 23.5 Å². The molecule has 3 rings (SSSR count). The van der Waals surface area contributed by atoms with Gasteiger partial charge < -0.3 is 4.74 Å². The number of hydrogen-bond donors (Lipinski definition) is 0. The maximum absolute atomic E-state index is 12.9. The summed E-state index contributed by atoms with van der Waals surface area (Å²) < 4.78 is 18.1. The van der Waals surface area contributed by atoms with Crippen molar-refractivity contribution in [2.45, 2.75) is 13.5 Å². The van der Waals surface area contributed by atoms with E-state index in [2.05, 4.69) is 4.98 Å². The topological polar surface area (TPSA) is 39.2 Å². The van der Waals surface area contributed by atoms with Gasteiger partial charge in [-0.05, 0) is 24.6 Å². The Hall–Kier alpha value is -2.53. The predicted octanol–water partition coefficient (Wildman–Crippen LogP) is 4.61. The number of aromatic nitrogens is 1. The Labute approximate surface area is 137 Å². The fourth-order valence-corrected chi connectivity index (χ4v) is 3.05. The third-order valence-corrected chi connectivity index (χ3v) is 4.47. The molecule has 5 heteroatoms. The fraction of sp³-hybridized carbons (Fsp3) is 0.111. The van der Waals surface area contributed by atoms with Crippen LogP contribution in [0.4, 0.5) is 4.39 Å². The molecule has 0 spiro atoms. The van der Waals surface area contributed by atoms with E-state index in [9.17, 15) is 9.18 Å². The molecule has 0 bridgehead atoms. The van der Waals surface area contributed by atoms with E-state index < -0.39 is 5.97 Å². The van der Waals surface area contributed by atoms with Crippen molar-refractivity contribution in [1.29, 1.82) is 0 Å². The number of thiazole rings is 1. The van der Waals surface area contributed by atoms with Gasteiger partial charge in [-0.1, -0.05) is 42.5 Å². The zero-order valence-electron chi connectivity index (χ0n) is 12.5. The van der Waals surface area contributed by atoms with Crippen LogP contribution in [0.1, 0.15) is 20.9 Å². The molecule has 23 heavy (non-hydrogen) atoms. The summed E-state index contributed by atoms with van der Waals surface area (Å²) in [6.45, 7) is 1.90. The van der Waals surface area contributed by atoms with Crippen LogP contribution in [-0.2, 0) is 11.3 Å². The SMILES string of the molecule is Cc1nc(-c2ccccc2)sc1C(=O)OCc1ccc(F)cc1. The highest BCUT2D eigenvalue weighted by Crippen LogP contribution is 2.28. The first-order valence-electron chi connectivity index (χ1n) is 7.08. The van der Waals surface area contributed by atoms with E-state index in [4.69, 9.17) is 4.74 Å². The number of carbonyl (C=O) groups excluding carboxylic acids is 1. The number of benzene rings is 2. The van der Waals surface area contributed by atoms with Crippen molar-refractivity contribution in [3.63, 3.8) is 0 Å². The summed E-state index contributed by atoms with van der Waals surface area (Å²) in [4.78, 5) is 17.2. The Morgan fingerprint density at radius 1 is 1.13 bits per heavy atom. The minimum Gasteiger partial charge on any atom is -0.457 e. The minimum absolute atomic E-state index is 0.108. The lowest BCUT2D eigenvalue weighted by Crippen LogP contribution is -2.04. The van der Waals surface area contributed by atoms with Gasteiger partial charge in [0.25, 0.3) is 0 Å². The molecule has 0 aliphatic rings. The third-order valence-electron chi connectivity index (χ3n) is 3.29. The molecule has 3 aromatic rings. The van der Waals surface area contributed by atoms with Crippen LogP contribution in [0.25, 0.3) is 10.6 Å². The summed E-state index contributed by atoms with van der Waals surface area (Å²) in [5.41, 5.74) is 2.36. The summed E-state index contributed by atoms with van der Waals surface area (Å²) in [7, 11) is 0. The molecule has 0 unspecified atom stereocenters. The second-order valence-electron chi connectivity index (χ2n) is 5.00. The van der Waals surface area contributed by atoms with Crippen LogP contribution in [0.3, 0.4) is 0 Å². The molecule has 0 amide bonds. The highest BCUT2D eigenvalue weighted by Gasteiger charge is 2.17. The van der Waals surface area contributed by atoms with Gasteiger partial charge in [-0.2, -0.15) is 0 Å². The van der Waals surface area contributed by atoms with Gasteiger partial charge in [-0.25, -0.2) is 14.2 Å². The molecule has 0 fully saturated rings. The van der Waals surface area contributed by atoms with Crippen molar-refractivity contribution in [3.05, 3.63) is 76.5 Å². The molecule has 0 saturated carbocycles. The maximum atomic E-state index is 12.9. The molecule has 116 valence electrons. The number of rotatable bonds is 4. The first-order valence-corrected chi connectivity index (χ1v) is 7.89. The molecule has 0 N–H and O–H groups in total. The first kappa shape index (κ1) is 15.4. The van der Waals surface area contributed by atoms with Gasteiger partial charge in [0.2, 0.25) is 0 Å². The molecule has 0 radical (unpaired) electrons. The average Bonchev–Trinajstić information content (AvgIpc) is 2.97. The lowest BCUT2D eigenvalue weighted by atomic mass is 10.2. The van der Waals surface area contributed by atoms with Crippen LogP contribution in [0.2, 0.25) is 0 Å². The molecule has 0 saturated heterocycles. The number of aryl methyl sites for hydroxylation is 1. The number of carbonyl (C=O) groups is 1. The maximum Gasteiger partial charge on any atom is 0.350 e. The summed E-state index contributed by atoms with van der Waals surface area (Å²) in [6, 6.07) is 15.6. The molecule has 0 aliphatic heterocycles. The Morgan fingerprint density at radius 2 is 1.83 bits per heavy atom. The van der Waals surface area contributed by atoms with Crippen LogP contribution < -0.4 is 0 Å². The van der Waals surface area contributed by atoms with Crippen molar-refractivity contribution in [3.8, 4) is 10.6 Å². The molecule has 2 aromatic carbocycles. The minimum atomic E-state index is -0.411.